The fourth-order valence-corrected chi connectivity index (χ4v) is 3.38. The number of aliphatic imine (C=N–C) groups is 1. The topological polar surface area (TPSA) is 15.6 Å². The van der Waals surface area contributed by atoms with Crippen molar-refractivity contribution in [3.63, 3.8) is 0 Å². The first kappa shape index (κ1) is 15.7. The zero-order valence-electron chi connectivity index (χ0n) is 13.8. The number of anilines is 1. The summed E-state index contributed by atoms with van der Waals surface area (Å²) in [4.78, 5) is 8.05. The van der Waals surface area contributed by atoms with Gasteiger partial charge in [-0.05, 0) is 23.3 Å². The molecule has 0 aliphatic carbocycles. The van der Waals surface area contributed by atoms with Crippen LogP contribution in [-0.2, 0) is 6.54 Å². The quantitative estimate of drug-likeness (QED) is 0.580. The van der Waals surface area contributed by atoms with E-state index in [0.717, 1.165) is 34.2 Å². The molecule has 0 N–H and O–H groups in total. The predicted octanol–water partition coefficient (Wildman–Crippen LogP) is 5.55. The van der Waals surface area contributed by atoms with Crippen molar-refractivity contribution in [2.24, 2.45) is 4.99 Å². The molecule has 122 valence electrons. The molecule has 2 nitrogen and oxygen atoms in total. The number of nitrogens with zero attached hydrogens (tertiary/aromatic N) is 2. The molecule has 0 saturated heterocycles. The number of thiocarbonyl (C=S) groups is 1. The standard InChI is InChI=1S/C22H18N2S/c25-22-15-20(18-11-5-2-6-12-18)23-19-13-7-8-14-21(19)24(22)16-17-9-3-1-4-10-17/h1-14H,15-16H2. The van der Waals surface area contributed by atoms with Crippen molar-refractivity contribution in [1.82, 2.24) is 0 Å². The van der Waals surface area contributed by atoms with Crippen LogP contribution in [0.3, 0.4) is 0 Å². The van der Waals surface area contributed by atoms with Crippen LogP contribution in [0.15, 0.2) is 89.9 Å². The largest absolute Gasteiger partial charge is 0.329 e. The number of hydrogen-bond acceptors (Lipinski definition) is 2. The van der Waals surface area contributed by atoms with Crippen molar-refractivity contribution in [2.45, 2.75) is 13.0 Å². The van der Waals surface area contributed by atoms with Crippen LogP contribution < -0.4 is 4.90 Å². The van der Waals surface area contributed by atoms with E-state index in [4.69, 9.17) is 17.2 Å². The third-order valence-electron chi connectivity index (χ3n) is 4.34. The first-order chi connectivity index (χ1) is 12.3. The Balaban J connectivity index is 1.75. The van der Waals surface area contributed by atoms with Gasteiger partial charge in [0, 0.05) is 13.0 Å². The third kappa shape index (κ3) is 3.37. The molecule has 0 amide bonds. The van der Waals surface area contributed by atoms with Gasteiger partial charge in [-0.2, -0.15) is 0 Å². The van der Waals surface area contributed by atoms with Gasteiger partial charge in [0.2, 0.25) is 0 Å². The summed E-state index contributed by atoms with van der Waals surface area (Å²) in [6.45, 7) is 0.758. The van der Waals surface area contributed by atoms with Gasteiger partial charge in [-0.1, -0.05) is 85.0 Å². The molecule has 0 bridgehead atoms. The predicted molar refractivity (Wildman–Crippen MR) is 109 cm³/mol. The van der Waals surface area contributed by atoms with E-state index in [0.29, 0.717) is 6.42 Å². The number of hydrogen-bond donors (Lipinski definition) is 0. The maximum Gasteiger partial charge on any atom is 0.0887 e. The summed E-state index contributed by atoms with van der Waals surface area (Å²) in [5, 5.41) is 0. The molecule has 0 spiro atoms. The van der Waals surface area contributed by atoms with Gasteiger partial charge in [0.05, 0.1) is 22.1 Å². The molecule has 3 heteroatoms. The molecular formula is C22H18N2S. The molecule has 0 aromatic heterocycles. The third-order valence-corrected chi connectivity index (χ3v) is 4.70. The second kappa shape index (κ2) is 6.99. The van der Waals surface area contributed by atoms with Crippen LogP contribution in [0.5, 0.6) is 0 Å². The molecule has 25 heavy (non-hydrogen) atoms. The summed E-state index contributed by atoms with van der Waals surface area (Å²) in [5.41, 5.74) is 5.43. The number of para-hydroxylation sites is 2. The first-order valence-corrected chi connectivity index (χ1v) is 8.78. The fraction of sp³-hybridized carbons (Fsp3) is 0.0909. The molecule has 1 aliphatic heterocycles. The lowest BCUT2D eigenvalue weighted by Gasteiger charge is -2.25. The van der Waals surface area contributed by atoms with Crippen LogP contribution in [0.4, 0.5) is 11.4 Å². The van der Waals surface area contributed by atoms with E-state index in [-0.39, 0.29) is 0 Å². The van der Waals surface area contributed by atoms with E-state index in [1.807, 2.05) is 36.4 Å². The molecule has 0 fully saturated rings. The normalized spacial score (nSPS) is 13.8. The van der Waals surface area contributed by atoms with Crippen LogP contribution in [0.1, 0.15) is 17.5 Å². The Morgan fingerprint density at radius 1 is 0.800 bits per heavy atom. The lowest BCUT2D eigenvalue weighted by Crippen LogP contribution is -2.29. The summed E-state index contributed by atoms with van der Waals surface area (Å²) < 4.78 is 0. The Hall–Kier alpha value is -2.78. The molecule has 1 heterocycles. The zero-order valence-corrected chi connectivity index (χ0v) is 14.6. The van der Waals surface area contributed by atoms with Crippen LogP contribution in [-0.4, -0.2) is 10.7 Å². The second-order valence-corrected chi connectivity index (χ2v) is 6.53. The number of rotatable bonds is 3. The van der Waals surface area contributed by atoms with E-state index < -0.39 is 0 Å². The van der Waals surface area contributed by atoms with Crippen LogP contribution in [0, 0.1) is 0 Å². The van der Waals surface area contributed by atoms with Gasteiger partial charge in [-0.25, -0.2) is 0 Å². The summed E-state index contributed by atoms with van der Waals surface area (Å²) in [7, 11) is 0. The van der Waals surface area contributed by atoms with Crippen molar-refractivity contribution in [2.75, 3.05) is 4.90 Å². The minimum atomic E-state index is 0.668. The molecular weight excluding hydrogens is 324 g/mol. The summed E-state index contributed by atoms with van der Waals surface area (Å²) in [6, 6.07) is 29.0. The minimum absolute atomic E-state index is 0.668. The highest BCUT2D eigenvalue weighted by Crippen LogP contribution is 2.34. The van der Waals surface area contributed by atoms with Gasteiger partial charge in [-0.3, -0.25) is 4.99 Å². The van der Waals surface area contributed by atoms with Crippen molar-refractivity contribution in [1.29, 1.82) is 0 Å². The van der Waals surface area contributed by atoms with E-state index in [1.54, 1.807) is 0 Å². The Bertz CT molecular complexity index is 917. The fourth-order valence-electron chi connectivity index (χ4n) is 3.08. The van der Waals surface area contributed by atoms with Gasteiger partial charge >= 0.3 is 0 Å². The number of fused-ring (bicyclic) bond motifs is 1. The second-order valence-electron chi connectivity index (χ2n) is 6.06. The Morgan fingerprint density at radius 3 is 2.20 bits per heavy atom. The molecule has 3 aromatic rings. The lowest BCUT2D eigenvalue weighted by atomic mass is 10.1. The average molecular weight is 342 g/mol. The summed E-state index contributed by atoms with van der Waals surface area (Å²) in [6.07, 6.45) is 0.668. The van der Waals surface area contributed by atoms with Crippen LogP contribution in [0.2, 0.25) is 0 Å². The van der Waals surface area contributed by atoms with E-state index in [9.17, 15) is 0 Å². The molecule has 4 rings (SSSR count). The van der Waals surface area contributed by atoms with Gasteiger partial charge in [0.25, 0.3) is 0 Å². The molecule has 3 aromatic carbocycles. The van der Waals surface area contributed by atoms with Crippen molar-refractivity contribution in [3.05, 3.63) is 96.1 Å². The van der Waals surface area contributed by atoms with Crippen molar-refractivity contribution in [3.8, 4) is 0 Å². The highest BCUT2D eigenvalue weighted by Gasteiger charge is 2.22. The maximum absolute atomic E-state index is 5.81. The van der Waals surface area contributed by atoms with Gasteiger partial charge in [-0.15, -0.1) is 0 Å². The van der Waals surface area contributed by atoms with Gasteiger partial charge < -0.3 is 4.90 Å². The maximum atomic E-state index is 5.81. The molecule has 0 radical (unpaired) electrons. The highest BCUT2D eigenvalue weighted by molar-refractivity contribution is 7.80. The Morgan fingerprint density at radius 2 is 1.44 bits per heavy atom. The van der Waals surface area contributed by atoms with Gasteiger partial charge in [0.15, 0.2) is 0 Å². The highest BCUT2D eigenvalue weighted by atomic mass is 32.1. The smallest absolute Gasteiger partial charge is 0.0887 e. The Kier molecular flexibility index (Phi) is 4.40. The average Bonchev–Trinajstić information content (AvgIpc) is 2.80. The van der Waals surface area contributed by atoms with E-state index in [1.165, 1.54) is 5.56 Å². The monoisotopic (exact) mass is 342 g/mol. The minimum Gasteiger partial charge on any atom is -0.329 e. The van der Waals surface area contributed by atoms with E-state index >= 15 is 0 Å². The molecule has 0 saturated carbocycles. The number of benzene rings is 3. The zero-order chi connectivity index (χ0) is 17.1. The van der Waals surface area contributed by atoms with E-state index in [2.05, 4.69) is 53.4 Å². The lowest BCUT2D eigenvalue weighted by molar-refractivity contribution is 1.01. The summed E-state index contributed by atoms with van der Waals surface area (Å²) >= 11 is 5.81. The van der Waals surface area contributed by atoms with Crippen molar-refractivity contribution < 1.29 is 0 Å². The SMILES string of the molecule is S=C1CC(c2ccccc2)=Nc2ccccc2N1Cc1ccccc1. The Labute approximate surface area is 153 Å². The summed E-state index contributed by atoms with van der Waals surface area (Å²) in [5.74, 6) is 0. The van der Waals surface area contributed by atoms with Crippen LogP contribution >= 0.6 is 12.2 Å². The molecule has 0 unspecified atom stereocenters. The first-order valence-electron chi connectivity index (χ1n) is 8.37. The molecule has 0 atom stereocenters. The molecule has 1 aliphatic rings. The van der Waals surface area contributed by atoms with Crippen LogP contribution in [0.25, 0.3) is 0 Å². The van der Waals surface area contributed by atoms with Gasteiger partial charge in [0.1, 0.15) is 0 Å². The van der Waals surface area contributed by atoms with Crippen molar-refractivity contribution >= 4 is 34.3 Å².